The van der Waals surface area contributed by atoms with Gasteiger partial charge in [-0.2, -0.15) is 0 Å². The zero-order valence-corrected chi connectivity index (χ0v) is 10.9. The summed E-state index contributed by atoms with van der Waals surface area (Å²) in [5.74, 6) is -3.41. The van der Waals surface area contributed by atoms with Crippen molar-refractivity contribution in [2.24, 2.45) is 5.73 Å². The zero-order chi connectivity index (χ0) is 14.2. The molecule has 0 saturated carbocycles. The molecule has 0 aliphatic carbocycles. The first kappa shape index (κ1) is 15.1. The van der Waals surface area contributed by atoms with Crippen molar-refractivity contribution in [3.63, 3.8) is 0 Å². The summed E-state index contributed by atoms with van der Waals surface area (Å²) >= 11 is 0. The van der Waals surface area contributed by atoms with Crippen LogP contribution in [0.15, 0.2) is 0 Å². The molecular formula is C11H20F2N2O3. The summed E-state index contributed by atoms with van der Waals surface area (Å²) in [6.07, 6.45) is -0.914. The number of nitrogens with two attached hydrogens (primary N) is 1. The Hall–Kier alpha value is -0.950. The van der Waals surface area contributed by atoms with Gasteiger partial charge >= 0.3 is 6.09 Å². The van der Waals surface area contributed by atoms with Gasteiger partial charge < -0.3 is 20.5 Å². The van der Waals surface area contributed by atoms with E-state index >= 15 is 0 Å². The van der Waals surface area contributed by atoms with Crippen LogP contribution in [0.1, 0.15) is 27.2 Å². The molecule has 0 spiro atoms. The van der Waals surface area contributed by atoms with Crippen LogP contribution >= 0.6 is 0 Å². The van der Waals surface area contributed by atoms with E-state index < -0.39 is 36.3 Å². The van der Waals surface area contributed by atoms with E-state index in [0.717, 1.165) is 4.90 Å². The Morgan fingerprint density at radius 1 is 1.50 bits per heavy atom. The molecule has 1 saturated heterocycles. The predicted octanol–water partition coefficient (Wildman–Crippen LogP) is 0.952. The lowest BCUT2D eigenvalue weighted by molar-refractivity contribution is -0.166. The number of hydrogen-bond donors (Lipinski definition) is 2. The lowest BCUT2D eigenvalue weighted by Gasteiger charge is -2.31. The molecule has 0 aromatic heterocycles. The molecule has 1 amide bonds. The number of ether oxygens (including phenoxy) is 1. The van der Waals surface area contributed by atoms with Crippen molar-refractivity contribution < 1.29 is 23.4 Å². The minimum atomic E-state index is -3.41. The number of likely N-dealkylation sites (tertiary alicyclic amines) is 1. The highest BCUT2D eigenvalue weighted by molar-refractivity contribution is 5.68. The molecule has 1 atom stereocenters. The largest absolute Gasteiger partial charge is 0.444 e. The first-order valence-electron chi connectivity index (χ1n) is 5.79. The van der Waals surface area contributed by atoms with Gasteiger partial charge in [-0.05, 0) is 20.8 Å². The van der Waals surface area contributed by atoms with Crippen molar-refractivity contribution in [1.29, 1.82) is 0 Å². The van der Waals surface area contributed by atoms with Gasteiger partial charge in [-0.1, -0.05) is 0 Å². The second-order valence-corrected chi connectivity index (χ2v) is 5.59. The van der Waals surface area contributed by atoms with E-state index in [2.05, 4.69) is 0 Å². The number of aliphatic hydroxyl groups is 1. The van der Waals surface area contributed by atoms with Crippen LogP contribution in [-0.2, 0) is 4.74 Å². The molecule has 0 aromatic rings. The first-order chi connectivity index (χ1) is 8.01. The molecule has 1 aliphatic heterocycles. The zero-order valence-electron chi connectivity index (χ0n) is 10.9. The smallest absolute Gasteiger partial charge is 0.410 e. The maximum absolute atomic E-state index is 13.5. The number of hydrogen-bond acceptors (Lipinski definition) is 4. The molecule has 1 unspecified atom stereocenters. The molecule has 0 bridgehead atoms. The summed E-state index contributed by atoms with van der Waals surface area (Å²) < 4.78 is 32.0. The van der Waals surface area contributed by atoms with E-state index in [0.29, 0.717) is 0 Å². The summed E-state index contributed by atoms with van der Waals surface area (Å²) in [5.41, 5.74) is 1.98. The number of alkyl halides is 2. The third-order valence-electron chi connectivity index (χ3n) is 2.84. The number of carbonyl (C=O) groups excluding carboxylic acids is 1. The van der Waals surface area contributed by atoms with E-state index in [9.17, 15) is 18.7 Å². The molecule has 1 fully saturated rings. The number of carbonyl (C=O) groups is 1. The molecular weight excluding hydrogens is 246 g/mol. The molecule has 5 nitrogen and oxygen atoms in total. The predicted molar refractivity (Wildman–Crippen MR) is 61.4 cm³/mol. The van der Waals surface area contributed by atoms with E-state index in [4.69, 9.17) is 10.5 Å². The number of nitrogens with zero attached hydrogens (tertiary/aromatic N) is 1. The molecule has 3 N–H and O–H groups in total. The molecule has 106 valence electrons. The quantitative estimate of drug-likeness (QED) is 0.780. The Morgan fingerprint density at radius 2 is 2.06 bits per heavy atom. The molecule has 1 rings (SSSR count). The van der Waals surface area contributed by atoms with Crippen molar-refractivity contribution in [2.75, 3.05) is 19.6 Å². The Morgan fingerprint density at radius 3 is 2.50 bits per heavy atom. The van der Waals surface area contributed by atoms with E-state index in [1.54, 1.807) is 20.8 Å². The van der Waals surface area contributed by atoms with Crippen molar-refractivity contribution in [1.82, 2.24) is 4.90 Å². The van der Waals surface area contributed by atoms with Crippen molar-refractivity contribution in [3.05, 3.63) is 0 Å². The van der Waals surface area contributed by atoms with Gasteiger partial charge in [-0.3, -0.25) is 0 Å². The first-order valence-corrected chi connectivity index (χ1v) is 5.79. The number of β-amino-alcohol motifs (C(OH)–C–C–N with tert-alkyl or cyclic N) is 1. The maximum atomic E-state index is 13.5. The average Bonchev–Trinajstić information content (AvgIpc) is 2.60. The van der Waals surface area contributed by atoms with Gasteiger partial charge in [0.15, 0.2) is 0 Å². The van der Waals surface area contributed by atoms with Gasteiger partial charge in [0.2, 0.25) is 0 Å². The summed E-state index contributed by atoms with van der Waals surface area (Å²) in [6.45, 7) is 3.66. The molecule has 0 aromatic carbocycles. The average molecular weight is 266 g/mol. The third kappa shape index (κ3) is 3.08. The Bertz CT molecular complexity index is 331. The van der Waals surface area contributed by atoms with Crippen LogP contribution in [-0.4, -0.2) is 52.9 Å². The van der Waals surface area contributed by atoms with Crippen molar-refractivity contribution >= 4 is 6.09 Å². The Kier molecular flexibility index (Phi) is 3.88. The Labute approximate surface area is 105 Å². The summed E-state index contributed by atoms with van der Waals surface area (Å²) in [4.78, 5) is 12.8. The van der Waals surface area contributed by atoms with Crippen LogP contribution in [0.25, 0.3) is 0 Å². The highest BCUT2D eigenvalue weighted by atomic mass is 19.3. The lowest BCUT2D eigenvalue weighted by atomic mass is 9.95. The van der Waals surface area contributed by atoms with Gasteiger partial charge in [0.1, 0.15) is 11.2 Å². The summed E-state index contributed by atoms with van der Waals surface area (Å²) in [7, 11) is 0. The van der Waals surface area contributed by atoms with Crippen LogP contribution < -0.4 is 5.73 Å². The van der Waals surface area contributed by atoms with E-state index in [1.165, 1.54) is 0 Å². The van der Waals surface area contributed by atoms with Crippen molar-refractivity contribution in [3.8, 4) is 0 Å². The van der Waals surface area contributed by atoms with Crippen LogP contribution in [0.4, 0.5) is 13.6 Å². The monoisotopic (exact) mass is 266 g/mol. The van der Waals surface area contributed by atoms with E-state index in [1.807, 2.05) is 0 Å². The van der Waals surface area contributed by atoms with Crippen LogP contribution in [0, 0.1) is 0 Å². The van der Waals surface area contributed by atoms with Gasteiger partial charge in [0, 0.05) is 13.0 Å². The SMILES string of the molecule is CC(C)(C)OC(=O)N1CCC(O)(C(F)(F)CN)C1. The van der Waals surface area contributed by atoms with E-state index in [-0.39, 0.29) is 13.0 Å². The van der Waals surface area contributed by atoms with Crippen molar-refractivity contribution in [2.45, 2.75) is 44.3 Å². The summed E-state index contributed by atoms with van der Waals surface area (Å²) in [6, 6.07) is 0. The third-order valence-corrected chi connectivity index (χ3v) is 2.84. The topological polar surface area (TPSA) is 75.8 Å². The fourth-order valence-electron chi connectivity index (χ4n) is 1.76. The number of amides is 1. The maximum Gasteiger partial charge on any atom is 0.410 e. The van der Waals surface area contributed by atoms with Crippen LogP contribution in [0.3, 0.4) is 0 Å². The Balaban J connectivity index is 2.69. The normalized spacial score (nSPS) is 25.4. The summed E-state index contributed by atoms with van der Waals surface area (Å²) in [5, 5.41) is 9.86. The van der Waals surface area contributed by atoms with Gasteiger partial charge in [-0.25, -0.2) is 13.6 Å². The highest BCUT2D eigenvalue weighted by Crippen LogP contribution is 2.36. The minimum absolute atomic E-state index is 0.0288. The van der Waals surface area contributed by atoms with Gasteiger partial charge in [0.25, 0.3) is 5.92 Å². The fourth-order valence-corrected chi connectivity index (χ4v) is 1.76. The highest BCUT2D eigenvalue weighted by Gasteiger charge is 2.56. The standard InChI is InChI=1S/C11H20F2N2O3/c1-9(2,3)18-8(16)15-5-4-10(17,7-15)11(12,13)6-14/h17H,4-7,14H2,1-3H3. The number of halogens is 2. The second kappa shape index (κ2) is 4.62. The molecule has 18 heavy (non-hydrogen) atoms. The van der Waals surface area contributed by atoms with Crippen LogP contribution in [0.2, 0.25) is 0 Å². The lowest BCUT2D eigenvalue weighted by Crippen LogP contribution is -2.54. The number of rotatable bonds is 2. The van der Waals surface area contributed by atoms with Crippen LogP contribution in [0.5, 0.6) is 0 Å². The molecule has 0 radical (unpaired) electrons. The minimum Gasteiger partial charge on any atom is -0.444 e. The fraction of sp³-hybridized carbons (Fsp3) is 0.909. The molecule has 1 aliphatic rings. The van der Waals surface area contributed by atoms with Gasteiger partial charge in [-0.15, -0.1) is 0 Å². The molecule has 1 heterocycles. The second-order valence-electron chi connectivity index (χ2n) is 5.59. The van der Waals surface area contributed by atoms with Gasteiger partial charge in [0.05, 0.1) is 13.1 Å². The molecule has 7 heteroatoms.